The molecule has 2 N–H and O–H groups in total. The predicted octanol–water partition coefficient (Wildman–Crippen LogP) is 3.48. The molecule has 0 atom stereocenters. The van der Waals surface area contributed by atoms with E-state index in [0.717, 1.165) is 22.2 Å². The molecule has 5 nitrogen and oxygen atoms in total. The summed E-state index contributed by atoms with van der Waals surface area (Å²) in [5, 5.41) is 14.5. The van der Waals surface area contributed by atoms with Crippen LogP contribution >= 0.6 is 0 Å². The molecule has 0 radical (unpaired) electrons. The fourth-order valence-corrected chi connectivity index (χ4v) is 2.37. The largest absolute Gasteiger partial charge is 0.508 e. The molecule has 3 aromatic rings. The van der Waals surface area contributed by atoms with E-state index in [0.29, 0.717) is 12.1 Å². The molecule has 24 heavy (non-hydrogen) atoms. The molecule has 5 heteroatoms. The minimum atomic E-state index is -0.356. The van der Waals surface area contributed by atoms with Crippen molar-refractivity contribution < 1.29 is 9.90 Å². The zero-order valence-corrected chi connectivity index (χ0v) is 13.2. The molecular formula is C19H17N3O2. The summed E-state index contributed by atoms with van der Waals surface area (Å²) in [7, 11) is 0. The Labute approximate surface area is 139 Å². The number of benzene rings is 2. The number of phenolic OH excluding ortho intramolecular Hbond substituents is 1. The second kappa shape index (κ2) is 6.91. The SMILES string of the molecule is CC/C(=N\NC(=O)c1ccc2ccccc2n1)c1ccc(O)cc1. The number of hydrazone groups is 1. The minimum Gasteiger partial charge on any atom is -0.508 e. The third kappa shape index (κ3) is 3.41. The van der Waals surface area contributed by atoms with Gasteiger partial charge in [0.1, 0.15) is 11.4 Å². The molecule has 120 valence electrons. The molecule has 0 fully saturated rings. The van der Waals surface area contributed by atoms with Crippen LogP contribution in [0.25, 0.3) is 10.9 Å². The molecule has 1 aromatic heterocycles. The van der Waals surface area contributed by atoms with Crippen molar-refractivity contribution in [2.24, 2.45) is 5.10 Å². The van der Waals surface area contributed by atoms with E-state index in [1.807, 2.05) is 37.3 Å². The maximum atomic E-state index is 12.3. The van der Waals surface area contributed by atoms with Crippen LogP contribution in [0.4, 0.5) is 0 Å². The maximum Gasteiger partial charge on any atom is 0.289 e. The molecule has 1 amide bonds. The van der Waals surface area contributed by atoms with Crippen LogP contribution in [0.2, 0.25) is 0 Å². The van der Waals surface area contributed by atoms with Gasteiger partial charge in [0.25, 0.3) is 5.91 Å². The van der Waals surface area contributed by atoms with Gasteiger partial charge >= 0.3 is 0 Å². The second-order valence-electron chi connectivity index (χ2n) is 5.29. The molecule has 0 unspecified atom stereocenters. The summed E-state index contributed by atoms with van der Waals surface area (Å²) in [6, 6.07) is 17.9. The van der Waals surface area contributed by atoms with Crippen molar-refractivity contribution in [1.82, 2.24) is 10.4 Å². The van der Waals surface area contributed by atoms with Crippen molar-refractivity contribution in [3.05, 3.63) is 71.9 Å². The number of carbonyl (C=O) groups excluding carboxylic acids is 1. The highest BCUT2D eigenvalue weighted by Gasteiger charge is 2.08. The lowest BCUT2D eigenvalue weighted by atomic mass is 10.1. The van der Waals surface area contributed by atoms with Crippen molar-refractivity contribution >= 4 is 22.5 Å². The summed E-state index contributed by atoms with van der Waals surface area (Å²) in [6.45, 7) is 1.95. The quantitative estimate of drug-likeness (QED) is 0.571. The smallest absolute Gasteiger partial charge is 0.289 e. The number of phenols is 1. The van der Waals surface area contributed by atoms with Crippen LogP contribution < -0.4 is 5.43 Å². The zero-order chi connectivity index (χ0) is 16.9. The summed E-state index contributed by atoms with van der Waals surface area (Å²) in [5.74, 6) is -0.163. The number of nitrogens with zero attached hydrogens (tertiary/aromatic N) is 2. The van der Waals surface area contributed by atoms with Crippen LogP contribution in [0, 0.1) is 0 Å². The average Bonchev–Trinajstić information content (AvgIpc) is 2.63. The van der Waals surface area contributed by atoms with Gasteiger partial charge < -0.3 is 5.11 Å². The fraction of sp³-hybridized carbons (Fsp3) is 0.105. The van der Waals surface area contributed by atoms with Crippen LogP contribution in [0.3, 0.4) is 0 Å². The van der Waals surface area contributed by atoms with Crippen LogP contribution in [0.1, 0.15) is 29.4 Å². The van der Waals surface area contributed by atoms with Crippen molar-refractivity contribution in [2.75, 3.05) is 0 Å². The molecule has 2 aromatic carbocycles. The van der Waals surface area contributed by atoms with E-state index in [-0.39, 0.29) is 11.7 Å². The number of aromatic nitrogens is 1. The van der Waals surface area contributed by atoms with Gasteiger partial charge in [-0.15, -0.1) is 0 Å². The van der Waals surface area contributed by atoms with Gasteiger partial charge in [0.15, 0.2) is 0 Å². The Balaban J connectivity index is 1.80. The van der Waals surface area contributed by atoms with Crippen LogP contribution in [0.15, 0.2) is 65.8 Å². The second-order valence-corrected chi connectivity index (χ2v) is 5.29. The molecule has 0 saturated heterocycles. The minimum absolute atomic E-state index is 0.193. The Morgan fingerprint density at radius 3 is 2.58 bits per heavy atom. The van der Waals surface area contributed by atoms with E-state index in [4.69, 9.17) is 0 Å². The molecule has 0 bridgehead atoms. The van der Waals surface area contributed by atoms with E-state index in [1.165, 1.54) is 0 Å². The number of rotatable bonds is 4. The number of aromatic hydroxyl groups is 1. The number of nitrogens with one attached hydrogen (secondary N) is 1. The number of carbonyl (C=O) groups is 1. The topological polar surface area (TPSA) is 74.6 Å². The van der Waals surface area contributed by atoms with E-state index in [1.54, 1.807) is 30.3 Å². The van der Waals surface area contributed by atoms with Gasteiger partial charge in [-0.25, -0.2) is 10.4 Å². The monoisotopic (exact) mass is 319 g/mol. The van der Waals surface area contributed by atoms with Crippen LogP contribution in [-0.2, 0) is 0 Å². The first-order valence-corrected chi connectivity index (χ1v) is 7.69. The van der Waals surface area contributed by atoms with E-state index < -0.39 is 0 Å². The van der Waals surface area contributed by atoms with Gasteiger partial charge in [-0.3, -0.25) is 4.79 Å². The third-order valence-corrected chi connectivity index (χ3v) is 3.66. The van der Waals surface area contributed by atoms with Crippen LogP contribution in [0.5, 0.6) is 5.75 Å². The lowest BCUT2D eigenvalue weighted by Gasteiger charge is -2.06. The Morgan fingerprint density at radius 1 is 1.08 bits per heavy atom. The van der Waals surface area contributed by atoms with Crippen molar-refractivity contribution in [3.8, 4) is 5.75 Å². The van der Waals surface area contributed by atoms with Gasteiger partial charge in [0.05, 0.1) is 11.2 Å². The van der Waals surface area contributed by atoms with Gasteiger partial charge in [0, 0.05) is 5.39 Å². The maximum absolute atomic E-state index is 12.3. The number of pyridine rings is 1. The Hall–Kier alpha value is -3.21. The lowest BCUT2D eigenvalue weighted by molar-refractivity contribution is 0.0950. The predicted molar refractivity (Wildman–Crippen MR) is 94.1 cm³/mol. The number of hydrogen-bond donors (Lipinski definition) is 2. The normalized spacial score (nSPS) is 11.5. The van der Waals surface area contributed by atoms with Gasteiger partial charge in [-0.1, -0.05) is 31.2 Å². The summed E-state index contributed by atoms with van der Waals surface area (Å²) >= 11 is 0. The van der Waals surface area contributed by atoms with Crippen LogP contribution in [-0.4, -0.2) is 21.7 Å². The first-order chi connectivity index (χ1) is 11.7. The summed E-state index contributed by atoms with van der Waals surface area (Å²) in [5.41, 5.74) is 5.21. The number of hydrogen-bond acceptors (Lipinski definition) is 4. The summed E-state index contributed by atoms with van der Waals surface area (Å²) in [6.07, 6.45) is 0.649. The Kier molecular flexibility index (Phi) is 4.52. The van der Waals surface area contributed by atoms with Gasteiger partial charge in [-0.05, 0) is 48.4 Å². The lowest BCUT2D eigenvalue weighted by Crippen LogP contribution is -2.21. The molecule has 0 aliphatic heterocycles. The molecule has 3 rings (SSSR count). The van der Waals surface area contributed by atoms with Crippen molar-refractivity contribution in [3.63, 3.8) is 0 Å². The Morgan fingerprint density at radius 2 is 1.83 bits per heavy atom. The Bertz CT molecular complexity index is 902. The summed E-state index contributed by atoms with van der Waals surface area (Å²) < 4.78 is 0. The van der Waals surface area contributed by atoms with Crippen molar-refractivity contribution in [1.29, 1.82) is 0 Å². The summed E-state index contributed by atoms with van der Waals surface area (Å²) in [4.78, 5) is 16.6. The molecule has 0 aliphatic carbocycles. The first kappa shape index (κ1) is 15.7. The highest BCUT2D eigenvalue weighted by atomic mass is 16.3. The molecule has 1 heterocycles. The molecule has 0 spiro atoms. The molecular weight excluding hydrogens is 302 g/mol. The molecule has 0 saturated carbocycles. The van der Waals surface area contributed by atoms with Gasteiger partial charge in [-0.2, -0.15) is 5.10 Å². The third-order valence-electron chi connectivity index (χ3n) is 3.66. The number of para-hydroxylation sites is 1. The highest BCUT2D eigenvalue weighted by molar-refractivity contribution is 6.02. The fourth-order valence-electron chi connectivity index (χ4n) is 2.37. The van der Waals surface area contributed by atoms with Crippen molar-refractivity contribution in [2.45, 2.75) is 13.3 Å². The van der Waals surface area contributed by atoms with E-state index >= 15 is 0 Å². The zero-order valence-electron chi connectivity index (χ0n) is 13.2. The standard InChI is InChI=1S/C19H17N3O2/c1-2-16(14-7-10-15(23)11-8-14)21-22-19(24)18-12-9-13-5-3-4-6-17(13)20-18/h3-12,23H,2H2,1H3,(H,22,24)/b21-16+. The van der Waals surface area contributed by atoms with E-state index in [9.17, 15) is 9.90 Å². The number of fused-ring (bicyclic) bond motifs is 1. The van der Waals surface area contributed by atoms with E-state index in [2.05, 4.69) is 15.5 Å². The molecule has 0 aliphatic rings. The highest BCUT2D eigenvalue weighted by Crippen LogP contribution is 2.13. The number of amides is 1. The van der Waals surface area contributed by atoms with Gasteiger partial charge in [0.2, 0.25) is 0 Å². The average molecular weight is 319 g/mol. The first-order valence-electron chi connectivity index (χ1n) is 7.69.